The lowest BCUT2D eigenvalue weighted by molar-refractivity contribution is -0.0437. The molecule has 9 heteroatoms. The van der Waals surface area contributed by atoms with Crippen LogP contribution in [0.3, 0.4) is 0 Å². The van der Waals surface area contributed by atoms with Crippen LogP contribution in [0.5, 0.6) is 0 Å². The van der Waals surface area contributed by atoms with Crippen LogP contribution in [-0.4, -0.2) is 51.5 Å². The Morgan fingerprint density at radius 2 is 1.78 bits per heavy atom. The Hall–Kier alpha value is -1.61. The van der Waals surface area contributed by atoms with Gasteiger partial charge in [-0.05, 0) is 12.1 Å². The van der Waals surface area contributed by atoms with Gasteiger partial charge in [0, 0.05) is 32.7 Å². The molecule has 0 radical (unpaired) electrons. The van der Waals surface area contributed by atoms with Crippen LogP contribution in [0.15, 0.2) is 35.7 Å². The van der Waals surface area contributed by atoms with Crippen LogP contribution in [0.4, 0.5) is 23.2 Å². The molecule has 0 spiro atoms. The van der Waals surface area contributed by atoms with Gasteiger partial charge in [0.05, 0.1) is 5.69 Å². The maximum Gasteiger partial charge on any atom is 0.502 e. The second-order valence-corrected chi connectivity index (χ2v) is 7.02. The van der Waals surface area contributed by atoms with Gasteiger partial charge < -0.3 is 4.90 Å². The van der Waals surface area contributed by atoms with E-state index in [0.717, 1.165) is 6.07 Å². The van der Waals surface area contributed by atoms with Gasteiger partial charge in [0.15, 0.2) is 5.82 Å². The second kappa shape index (κ2) is 6.48. The zero-order valence-electron chi connectivity index (χ0n) is 12.2. The molecule has 0 N–H and O–H groups in total. The predicted molar refractivity (Wildman–Crippen MR) is 78.5 cm³/mol. The number of rotatable bonds is 4. The minimum atomic E-state index is -5.71. The molecule has 0 aliphatic carbocycles. The minimum absolute atomic E-state index is 0.131. The van der Waals surface area contributed by atoms with Crippen molar-refractivity contribution in [3.8, 4) is 0 Å². The Morgan fingerprint density at radius 3 is 2.30 bits per heavy atom. The molecule has 0 atom stereocenters. The molecule has 1 aliphatic rings. The highest BCUT2D eigenvalue weighted by Crippen LogP contribution is 2.34. The number of nitrogens with zero attached hydrogens (tertiary/aromatic N) is 2. The molecule has 0 saturated carbocycles. The summed E-state index contributed by atoms with van der Waals surface area (Å²) < 4.78 is 75.1. The third-order valence-electron chi connectivity index (χ3n) is 3.64. The lowest BCUT2D eigenvalue weighted by Crippen LogP contribution is -2.46. The molecule has 23 heavy (non-hydrogen) atoms. The van der Waals surface area contributed by atoms with Crippen LogP contribution in [-0.2, 0) is 9.84 Å². The fourth-order valence-corrected chi connectivity index (χ4v) is 3.28. The highest BCUT2D eigenvalue weighted by molar-refractivity contribution is 7.92. The number of alkyl halides is 3. The first kappa shape index (κ1) is 17.7. The number of hydrogen-bond donors (Lipinski definition) is 0. The van der Waals surface area contributed by atoms with Crippen molar-refractivity contribution in [1.29, 1.82) is 0 Å². The van der Waals surface area contributed by atoms with Crippen molar-refractivity contribution >= 4 is 15.5 Å². The zero-order chi connectivity index (χ0) is 17.3. The number of anilines is 1. The molecule has 128 valence electrons. The van der Waals surface area contributed by atoms with Crippen molar-refractivity contribution in [3.05, 3.63) is 36.7 Å². The van der Waals surface area contributed by atoms with Gasteiger partial charge in [-0.25, -0.2) is 12.8 Å². The predicted octanol–water partition coefficient (Wildman–Crippen LogP) is 2.43. The molecule has 1 fully saturated rings. The smallest absolute Gasteiger partial charge is 0.367 e. The van der Waals surface area contributed by atoms with Gasteiger partial charge in [-0.1, -0.05) is 12.1 Å². The molecule has 0 bridgehead atoms. The first-order valence-corrected chi connectivity index (χ1v) is 8.35. The summed E-state index contributed by atoms with van der Waals surface area (Å²) in [5.74, 6) is -1.36. The first-order valence-electron chi connectivity index (χ1n) is 6.86. The quantitative estimate of drug-likeness (QED) is 0.616. The zero-order valence-corrected chi connectivity index (χ0v) is 13.0. The summed E-state index contributed by atoms with van der Waals surface area (Å²) >= 11 is 0. The summed E-state index contributed by atoms with van der Waals surface area (Å²) in [7, 11) is -5.71. The maximum absolute atomic E-state index is 14.4. The second-order valence-electron chi connectivity index (χ2n) is 5.11. The van der Waals surface area contributed by atoms with Crippen molar-refractivity contribution in [2.24, 2.45) is 0 Å². The molecule has 1 heterocycles. The molecule has 1 saturated heterocycles. The summed E-state index contributed by atoms with van der Waals surface area (Å²) in [5.41, 5.74) is -5.66. The van der Waals surface area contributed by atoms with Gasteiger partial charge in [-0.15, -0.1) is 6.58 Å². The third-order valence-corrected chi connectivity index (χ3v) is 5.14. The Kier molecular flexibility index (Phi) is 5.00. The number of halogens is 4. The Labute approximate surface area is 131 Å². The summed E-state index contributed by atoms with van der Waals surface area (Å²) in [6, 6.07) is 3.04. The molecule has 1 aromatic carbocycles. The van der Waals surface area contributed by atoms with E-state index in [1.165, 1.54) is 6.07 Å². The van der Waals surface area contributed by atoms with E-state index in [1.54, 1.807) is 11.0 Å². The van der Waals surface area contributed by atoms with Gasteiger partial charge in [0.25, 0.3) is 9.84 Å². The largest absolute Gasteiger partial charge is 0.502 e. The number of benzene rings is 1. The van der Waals surface area contributed by atoms with Crippen molar-refractivity contribution in [3.63, 3.8) is 0 Å². The molecule has 0 aromatic heterocycles. The highest BCUT2D eigenvalue weighted by Gasteiger charge is 2.48. The van der Waals surface area contributed by atoms with E-state index >= 15 is 0 Å². The first-order chi connectivity index (χ1) is 10.7. The summed E-state index contributed by atoms with van der Waals surface area (Å²) in [6.07, 6.45) is 1.73. The number of sulfone groups is 1. The normalized spacial score (nSPS) is 17.3. The monoisotopic (exact) mass is 352 g/mol. The van der Waals surface area contributed by atoms with Crippen LogP contribution in [0, 0.1) is 5.82 Å². The Balaban J connectivity index is 2.30. The van der Waals surface area contributed by atoms with Crippen molar-refractivity contribution in [1.82, 2.24) is 4.90 Å². The lowest BCUT2D eigenvalue weighted by atomic mass is 10.2. The van der Waals surface area contributed by atoms with E-state index in [0.29, 0.717) is 38.8 Å². The van der Waals surface area contributed by atoms with Crippen LogP contribution in [0.2, 0.25) is 0 Å². The molecule has 1 aromatic rings. The number of piperazine rings is 1. The topological polar surface area (TPSA) is 40.6 Å². The van der Waals surface area contributed by atoms with Gasteiger partial charge in [0.2, 0.25) is 0 Å². The van der Waals surface area contributed by atoms with Crippen LogP contribution in [0.1, 0.15) is 0 Å². The van der Waals surface area contributed by atoms with Crippen molar-refractivity contribution < 1.29 is 26.0 Å². The molecule has 4 nitrogen and oxygen atoms in total. The van der Waals surface area contributed by atoms with E-state index in [-0.39, 0.29) is 5.69 Å². The van der Waals surface area contributed by atoms with Gasteiger partial charge in [-0.3, -0.25) is 4.90 Å². The summed E-state index contributed by atoms with van der Waals surface area (Å²) in [6.45, 7) is 6.23. The fourth-order valence-electron chi connectivity index (χ4n) is 2.43. The van der Waals surface area contributed by atoms with E-state index < -0.39 is 26.1 Å². The van der Waals surface area contributed by atoms with E-state index in [1.807, 2.05) is 0 Å². The van der Waals surface area contributed by atoms with Gasteiger partial charge >= 0.3 is 5.51 Å². The van der Waals surface area contributed by atoms with Crippen LogP contribution < -0.4 is 4.90 Å². The molecule has 0 unspecified atom stereocenters. The van der Waals surface area contributed by atoms with Gasteiger partial charge in [0.1, 0.15) is 4.90 Å². The summed E-state index contributed by atoms with van der Waals surface area (Å²) in [4.78, 5) is 2.26. The van der Waals surface area contributed by atoms with E-state index in [4.69, 9.17) is 0 Å². The van der Waals surface area contributed by atoms with Crippen LogP contribution in [0.25, 0.3) is 0 Å². The van der Waals surface area contributed by atoms with Crippen molar-refractivity contribution in [2.45, 2.75) is 10.4 Å². The molecular formula is C14H16F4N2O2S. The Bertz CT molecular complexity index is 681. The maximum atomic E-state index is 14.4. The fraction of sp³-hybridized carbons (Fsp3) is 0.429. The van der Waals surface area contributed by atoms with Gasteiger partial charge in [-0.2, -0.15) is 13.2 Å². The van der Waals surface area contributed by atoms with E-state index in [2.05, 4.69) is 11.5 Å². The molecule has 0 amide bonds. The van der Waals surface area contributed by atoms with E-state index in [9.17, 15) is 26.0 Å². The number of hydrogen-bond acceptors (Lipinski definition) is 4. The Morgan fingerprint density at radius 1 is 1.17 bits per heavy atom. The SMILES string of the molecule is C=CCN1CCN(c2cccc(S(=O)(=O)C(F)(F)F)c2F)CC1. The highest BCUT2D eigenvalue weighted by atomic mass is 32.2. The lowest BCUT2D eigenvalue weighted by Gasteiger charge is -2.35. The standard InChI is InChI=1S/C14H16F4N2O2S/c1-2-6-19-7-9-20(10-8-19)11-4-3-5-12(13(11)15)23(21,22)14(16,17)18/h2-5H,1,6-10H2. The molecule has 2 rings (SSSR count). The average molecular weight is 352 g/mol. The summed E-state index contributed by atoms with van der Waals surface area (Å²) in [5, 5.41) is 0. The molecular weight excluding hydrogens is 336 g/mol. The third kappa shape index (κ3) is 3.50. The minimum Gasteiger partial charge on any atom is -0.367 e. The van der Waals surface area contributed by atoms with Crippen molar-refractivity contribution in [2.75, 3.05) is 37.6 Å². The molecule has 1 aliphatic heterocycles. The van der Waals surface area contributed by atoms with Crippen LogP contribution >= 0.6 is 0 Å². The average Bonchev–Trinajstić information content (AvgIpc) is 2.47.